The predicted molar refractivity (Wildman–Crippen MR) is 108 cm³/mol. The second-order valence-electron chi connectivity index (χ2n) is 6.84. The van der Waals surface area contributed by atoms with E-state index in [9.17, 15) is 29.1 Å². The molecule has 1 aromatic carbocycles. The highest BCUT2D eigenvalue weighted by atomic mass is 16.4. The molecule has 0 saturated carbocycles. The number of benzene rings is 1. The van der Waals surface area contributed by atoms with Gasteiger partial charge in [-0.3, -0.25) is 24.0 Å². The van der Waals surface area contributed by atoms with E-state index < -0.39 is 66.8 Å². The van der Waals surface area contributed by atoms with Crippen molar-refractivity contribution < 1.29 is 34.2 Å². The van der Waals surface area contributed by atoms with Gasteiger partial charge in [0, 0.05) is 0 Å². The molecule has 31 heavy (non-hydrogen) atoms. The summed E-state index contributed by atoms with van der Waals surface area (Å²) in [4.78, 5) is 59.1. The van der Waals surface area contributed by atoms with Crippen LogP contribution in [0.25, 0.3) is 0 Å². The van der Waals surface area contributed by atoms with Crippen LogP contribution in [0.5, 0.6) is 0 Å². The van der Waals surface area contributed by atoms with Gasteiger partial charge in [0.05, 0.1) is 19.1 Å². The molecule has 1 rings (SSSR count). The number of aliphatic hydroxyl groups excluding tert-OH is 1. The number of carboxylic acids is 1. The van der Waals surface area contributed by atoms with Gasteiger partial charge in [-0.25, -0.2) is 0 Å². The molecule has 4 unspecified atom stereocenters. The van der Waals surface area contributed by atoms with Crippen LogP contribution in [0.3, 0.4) is 0 Å². The van der Waals surface area contributed by atoms with E-state index >= 15 is 0 Å². The zero-order valence-corrected chi connectivity index (χ0v) is 16.9. The van der Waals surface area contributed by atoms with Gasteiger partial charge >= 0.3 is 5.97 Å². The van der Waals surface area contributed by atoms with Crippen LogP contribution in [0, 0.1) is 0 Å². The zero-order valence-electron chi connectivity index (χ0n) is 16.9. The highest BCUT2D eigenvalue weighted by molar-refractivity contribution is 5.96. The monoisotopic (exact) mass is 437 g/mol. The van der Waals surface area contributed by atoms with Gasteiger partial charge < -0.3 is 37.6 Å². The molecule has 4 amide bonds. The Hall–Kier alpha value is -3.51. The summed E-state index contributed by atoms with van der Waals surface area (Å²) in [7, 11) is 0. The molecule has 170 valence electrons. The molecule has 0 spiro atoms. The summed E-state index contributed by atoms with van der Waals surface area (Å²) in [5.41, 5.74) is 11.7. The second-order valence-corrected chi connectivity index (χ2v) is 6.84. The van der Waals surface area contributed by atoms with Gasteiger partial charge in [-0.05, 0) is 18.9 Å². The number of nitrogens with two attached hydrogens (primary N) is 2. The summed E-state index contributed by atoms with van der Waals surface area (Å²) in [6.45, 7) is 0.375. The molecule has 9 N–H and O–H groups in total. The number of hydrogen-bond acceptors (Lipinski definition) is 7. The van der Waals surface area contributed by atoms with Crippen molar-refractivity contribution in [1.82, 2.24) is 16.0 Å². The van der Waals surface area contributed by atoms with Crippen LogP contribution < -0.4 is 27.4 Å². The van der Waals surface area contributed by atoms with Gasteiger partial charge in [0.15, 0.2) is 0 Å². The van der Waals surface area contributed by atoms with Crippen molar-refractivity contribution in [3.63, 3.8) is 0 Å². The smallest absolute Gasteiger partial charge is 0.325 e. The quantitative estimate of drug-likeness (QED) is 0.178. The molecule has 4 atom stereocenters. The summed E-state index contributed by atoms with van der Waals surface area (Å²) in [6, 6.07) is 3.64. The molecule has 0 aliphatic carbocycles. The molecule has 0 aromatic heterocycles. The number of nitrogens with one attached hydrogen (secondary N) is 3. The topological polar surface area (TPSA) is 214 Å². The number of hydrogen-bond donors (Lipinski definition) is 7. The van der Waals surface area contributed by atoms with Crippen molar-refractivity contribution in [2.75, 3.05) is 6.61 Å². The SMILES string of the molecule is CC(NC(=O)C(CC(N)=O)NC(=O)C(CO)NC(=O)C(N)Cc1ccccc1)C(=O)O. The lowest BCUT2D eigenvalue weighted by Gasteiger charge is -2.23. The number of rotatable bonds is 12. The van der Waals surface area contributed by atoms with Crippen molar-refractivity contribution in [2.45, 2.75) is 43.9 Å². The molecule has 0 saturated heterocycles. The van der Waals surface area contributed by atoms with Crippen LogP contribution in [-0.4, -0.2) is 70.6 Å². The third-order valence-electron chi connectivity index (χ3n) is 4.22. The number of primary amides is 1. The highest BCUT2D eigenvalue weighted by Gasteiger charge is 2.30. The zero-order chi connectivity index (χ0) is 23.6. The summed E-state index contributed by atoms with van der Waals surface area (Å²) in [5, 5.41) is 24.9. The number of aliphatic hydroxyl groups is 1. The van der Waals surface area contributed by atoms with Crippen molar-refractivity contribution in [1.29, 1.82) is 0 Å². The molecule has 12 nitrogen and oxygen atoms in total. The fourth-order valence-corrected chi connectivity index (χ4v) is 2.49. The standard InChI is InChI=1S/C19H27N5O7/c1-10(19(30)31)22-17(28)13(8-15(21)26)23-18(29)14(9-25)24-16(27)12(20)7-11-5-3-2-4-6-11/h2-6,10,12-14,25H,7-9,20H2,1H3,(H2,21,26)(H,22,28)(H,23,29)(H,24,27)(H,30,31). The summed E-state index contributed by atoms with van der Waals surface area (Å²) < 4.78 is 0. The summed E-state index contributed by atoms with van der Waals surface area (Å²) in [6.07, 6.45) is -0.435. The van der Waals surface area contributed by atoms with Gasteiger partial charge in [0.25, 0.3) is 0 Å². The Morgan fingerprint density at radius 1 is 0.935 bits per heavy atom. The maximum absolute atomic E-state index is 12.4. The summed E-state index contributed by atoms with van der Waals surface area (Å²) in [5.74, 6) is -4.92. The van der Waals surface area contributed by atoms with Gasteiger partial charge in [0.1, 0.15) is 18.1 Å². The molecule has 0 heterocycles. The lowest BCUT2D eigenvalue weighted by atomic mass is 10.1. The fourth-order valence-electron chi connectivity index (χ4n) is 2.49. The number of carboxylic acid groups (broad SMARTS) is 1. The van der Waals surface area contributed by atoms with E-state index in [0.717, 1.165) is 5.56 Å². The first kappa shape index (κ1) is 25.5. The highest BCUT2D eigenvalue weighted by Crippen LogP contribution is 2.02. The van der Waals surface area contributed by atoms with E-state index in [1.54, 1.807) is 30.3 Å². The predicted octanol–water partition coefficient (Wildman–Crippen LogP) is -3.02. The third-order valence-corrected chi connectivity index (χ3v) is 4.22. The molecular formula is C19H27N5O7. The second kappa shape index (κ2) is 12.2. The van der Waals surface area contributed by atoms with Crippen LogP contribution in [0.1, 0.15) is 18.9 Å². The van der Waals surface area contributed by atoms with Crippen LogP contribution in [0.15, 0.2) is 30.3 Å². The summed E-state index contributed by atoms with van der Waals surface area (Å²) >= 11 is 0. The van der Waals surface area contributed by atoms with E-state index in [2.05, 4.69) is 16.0 Å². The Kier molecular flexibility index (Phi) is 10.1. The number of amides is 4. The van der Waals surface area contributed by atoms with Crippen molar-refractivity contribution in [3.8, 4) is 0 Å². The Bertz CT molecular complexity index is 802. The maximum Gasteiger partial charge on any atom is 0.325 e. The normalized spacial score (nSPS) is 14.4. The Morgan fingerprint density at radius 3 is 2.00 bits per heavy atom. The van der Waals surface area contributed by atoms with Gasteiger partial charge in [-0.2, -0.15) is 0 Å². The first-order chi connectivity index (χ1) is 14.5. The minimum Gasteiger partial charge on any atom is -0.480 e. The van der Waals surface area contributed by atoms with Crippen molar-refractivity contribution in [3.05, 3.63) is 35.9 Å². The molecule has 0 bridgehead atoms. The molecule has 0 fully saturated rings. The maximum atomic E-state index is 12.4. The molecule has 1 aromatic rings. The van der Waals surface area contributed by atoms with Crippen molar-refractivity contribution in [2.24, 2.45) is 11.5 Å². The fraction of sp³-hybridized carbons (Fsp3) is 0.421. The van der Waals surface area contributed by atoms with E-state index in [4.69, 9.17) is 16.6 Å². The molecule has 0 aliphatic rings. The largest absolute Gasteiger partial charge is 0.480 e. The van der Waals surface area contributed by atoms with Crippen molar-refractivity contribution >= 4 is 29.6 Å². The number of carbonyl (C=O) groups excluding carboxylic acids is 4. The lowest BCUT2D eigenvalue weighted by Crippen LogP contribution is -2.58. The molecule has 0 radical (unpaired) electrons. The van der Waals surface area contributed by atoms with Crippen LogP contribution in [0.2, 0.25) is 0 Å². The first-order valence-corrected chi connectivity index (χ1v) is 9.37. The van der Waals surface area contributed by atoms with Crippen LogP contribution >= 0.6 is 0 Å². The number of carbonyl (C=O) groups is 5. The Morgan fingerprint density at radius 2 is 1.48 bits per heavy atom. The van der Waals surface area contributed by atoms with Gasteiger partial charge in [0.2, 0.25) is 23.6 Å². The van der Waals surface area contributed by atoms with Crippen LogP contribution in [0.4, 0.5) is 0 Å². The van der Waals surface area contributed by atoms with Gasteiger partial charge in [-0.1, -0.05) is 30.3 Å². The van der Waals surface area contributed by atoms with E-state index in [-0.39, 0.29) is 6.42 Å². The first-order valence-electron chi connectivity index (χ1n) is 9.37. The van der Waals surface area contributed by atoms with Gasteiger partial charge in [-0.15, -0.1) is 0 Å². The average Bonchev–Trinajstić information content (AvgIpc) is 2.71. The molecular weight excluding hydrogens is 410 g/mol. The Labute approximate surface area is 178 Å². The number of aliphatic carboxylic acids is 1. The minimum atomic E-state index is -1.50. The minimum absolute atomic E-state index is 0.187. The average molecular weight is 437 g/mol. The molecule has 0 aliphatic heterocycles. The third kappa shape index (κ3) is 8.80. The Balaban J connectivity index is 2.77. The van der Waals surface area contributed by atoms with Crippen LogP contribution in [-0.2, 0) is 30.4 Å². The van der Waals surface area contributed by atoms with E-state index in [1.165, 1.54) is 6.92 Å². The van der Waals surface area contributed by atoms with E-state index in [0.29, 0.717) is 0 Å². The van der Waals surface area contributed by atoms with E-state index in [1.807, 2.05) is 0 Å². The molecule has 12 heteroatoms. The lowest BCUT2D eigenvalue weighted by molar-refractivity contribution is -0.142.